The van der Waals surface area contributed by atoms with Gasteiger partial charge in [0.05, 0.1) is 4.90 Å². The molecule has 1 aromatic rings. The summed E-state index contributed by atoms with van der Waals surface area (Å²) in [5, 5.41) is 0.405. The first kappa shape index (κ1) is 15.8. The zero-order chi connectivity index (χ0) is 15.1. The average Bonchev–Trinajstić information content (AvgIpc) is 3.23. The summed E-state index contributed by atoms with van der Waals surface area (Å²) < 4.78 is 27.0. The molecule has 6 heteroatoms. The number of hydrogen-bond donors (Lipinski definition) is 1. The van der Waals surface area contributed by atoms with Crippen molar-refractivity contribution in [3.63, 3.8) is 0 Å². The highest BCUT2D eigenvalue weighted by Crippen LogP contribution is 2.37. The molecule has 0 aliphatic heterocycles. The molecule has 2 N–H and O–H groups in total. The van der Waals surface area contributed by atoms with Gasteiger partial charge in [-0.1, -0.05) is 11.6 Å². The van der Waals surface area contributed by atoms with E-state index in [1.807, 2.05) is 6.92 Å². The fraction of sp³-hybridized carbons (Fsp3) is 0.571. The van der Waals surface area contributed by atoms with E-state index < -0.39 is 10.0 Å². The van der Waals surface area contributed by atoms with Crippen LogP contribution in [0.1, 0.15) is 30.9 Å². The van der Waals surface area contributed by atoms with Crippen LogP contribution in [0.3, 0.4) is 0 Å². The molecule has 1 aliphatic rings. The molecule has 2 rings (SSSR count). The quantitative estimate of drug-likeness (QED) is 0.908. The van der Waals surface area contributed by atoms with Crippen LogP contribution >= 0.6 is 11.6 Å². The second kappa shape index (κ2) is 5.64. The Morgan fingerprint density at radius 3 is 2.55 bits per heavy atom. The van der Waals surface area contributed by atoms with Gasteiger partial charge in [0.1, 0.15) is 0 Å². The molecular formula is C14H21ClN2O2S. The molecule has 0 amide bonds. The lowest BCUT2D eigenvalue weighted by Gasteiger charge is -2.25. The Kier molecular flexibility index (Phi) is 4.44. The monoisotopic (exact) mass is 316 g/mol. The first-order valence-corrected chi connectivity index (χ1v) is 8.58. The number of hydrogen-bond acceptors (Lipinski definition) is 3. The Bertz CT molecular complexity index is 612. The van der Waals surface area contributed by atoms with Gasteiger partial charge in [-0.05, 0) is 55.9 Å². The molecule has 1 aliphatic carbocycles. The summed E-state index contributed by atoms with van der Waals surface area (Å²) in [7, 11) is -1.90. The molecule has 4 nitrogen and oxygen atoms in total. The Balaban J connectivity index is 2.45. The van der Waals surface area contributed by atoms with E-state index >= 15 is 0 Å². The van der Waals surface area contributed by atoms with Crippen molar-refractivity contribution in [2.24, 2.45) is 11.7 Å². The summed E-state index contributed by atoms with van der Waals surface area (Å²) in [6.07, 6.45) is 2.20. The SMILES string of the molecule is Cc1c(CN)cc(Cl)cc1S(=O)(=O)N(C)C(C)C1CC1. The zero-order valence-electron chi connectivity index (χ0n) is 12.1. The number of rotatable bonds is 5. The van der Waals surface area contributed by atoms with Gasteiger partial charge in [0, 0.05) is 24.7 Å². The topological polar surface area (TPSA) is 63.4 Å². The predicted octanol–water partition coefficient (Wildman–Crippen LogP) is 2.53. The maximum atomic E-state index is 12.8. The van der Waals surface area contributed by atoms with Crippen LogP contribution in [0.5, 0.6) is 0 Å². The van der Waals surface area contributed by atoms with Gasteiger partial charge in [0.25, 0.3) is 0 Å². The van der Waals surface area contributed by atoms with Crippen LogP contribution in [0.2, 0.25) is 5.02 Å². The summed E-state index contributed by atoms with van der Waals surface area (Å²) in [5.41, 5.74) is 7.11. The summed E-state index contributed by atoms with van der Waals surface area (Å²) in [6.45, 7) is 4.01. The number of nitrogens with two attached hydrogens (primary N) is 1. The van der Waals surface area contributed by atoms with Gasteiger partial charge >= 0.3 is 0 Å². The van der Waals surface area contributed by atoms with Gasteiger partial charge < -0.3 is 5.73 Å². The molecule has 20 heavy (non-hydrogen) atoms. The van der Waals surface area contributed by atoms with Crippen LogP contribution in [0.15, 0.2) is 17.0 Å². The Morgan fingerprint density at radius 2 is 2.05 bits per heavy atom. The molecule has 1 aromatic carbocycles. The minimum absolute atomic E-state index is 0.0136. The van der Waals surface area contributed by atoms with Gasteiger partial charge in [0.2, 0.25) is 10.0 Å². The van der Waals surface area contributed by atoms with Crippen LogP contribution in [-0.2, 0) is 16.6 Å². The molecule has 112 valence electrons. The van der Waals surface area contributed by atoms with Gasteiger partial charge in [0.15, 0.2) is 0 Å². The third-order valence-electron chi connectivity index (χ3n) is 4.19. The highest BCUT2D eigenvalue weighted by Gasteiger charge is 2.36. The van der Waals surface area contributed by atoms with Crippen molar-refractivity contribution in [2.75, 3.05) is 7.05 Å². The predicted molar refractivity (Wildman–Crippen MR) is 81.2 cm³/mol. The van der Waals surface area contributed by atoms with Crippen molar-refractivity contribution in [3.05, 3.63) is 28.3 Å². The molecule has 1 unspecified atom stereocenters. The molecule has 0 radical (unpaired) electrons. The van der Waals surface area contributed by atoms with Crippen LogP contribution in [-0.4, -0.2) is 25.8 Å². The third kappa shape index (κ3) is 2.86. The summed E-state index contributed by atoms with van der Waals surface area (Å²) in [6, 6.07) is 3.25. The highest BCUT2D eigenvalue weighted by atomic mass is 35.5. The molecular weight excluding hydrogens is 296 g/mol. The molecule has 1 atom stereocenters. The number of sulfonamides is 1. The van der Waals surface area contributed by atoms with Crippen molar-refractivity contribution in [1.29, 1.82) is 0 Å². The molecule has 1 saturated carbocycles. The van der Waals surface area contributed by atoms with Crippen molar-refractivity contribution in [2.45, 2.75) is 44.2 Å². The minimum Gasteiger partial charge on any atom is -0.326 e. The van der Waals surface area contributed by atoms with E-state index in [0.717, 1.165) is 18.4 Å². The normalized spacial score (nSPS) is 17.5. The van der Waals surface area contributed by atoms with E-state index in [4.69, 9.17) is 17.3 Å². The highest BCUT2D eigenvalue weighted by molar-refractivity contribution is 7.89. The second-order valence-electron chi connectivity index (χ2n) is 5.49. The minimum atomic E-state index is -3.54. The fourth-order valence-corrected chi connectivity index (χ4v) is 4.46. The largest absolute Gasteiger partial charge is 0.326 e. The van der Waals surface area contributed by atoms with E-state index in [1.165, 1.54) is 10.4 Å². The van der Waals surface area contributed by atoms with Crippen molar-refractivity contribution < 1.29 is 8.42 Å². The third-order valence-corrected chi connectivity index (χ3v) is 6.48. The van der Waals surface area contributed by atoms with Crippen LogP contribution in [0.25, 0.3) is 0 Å². The van der Waals surface area contributed by atoms with Crippen LogP contribution < -0.4 is 5.73 Å². The first-order chi connectivity index (χ1) is 9.28. The molecule has 1 fully saturated rings. The Morgan fingerprint density at radius 1 is 1.45 bits per heavy atom. The summed E-state index contributed by atoms with van der Waals surface area (Å²) >= 11 is 6.03. The van der Waals surface area contributed by atoms with Crippen LogP contribution in [0.4, 0.5) is 0 Å². The zero-order valence-corrected chi connectivity index (χ0v) is 13.6. The van der Waals surface area contributed by atoms with Gasteiger partial charge in [-0.15, -0.1) is 0 Å². The molecule has 0 saturated heterocycles. The van der Waals surface area contributed by atoms with E-state index in [2.05, 4.69) is 0 Å². The second-order valence-corrected chi connectivity index (χ2v) is 7.89. The van der Waals surface area contributed by atoms with Crippen molar-refractivity contribution >= 4 is 21.6 Å². The van der Waals surface area contributed by atoms with Crippen molar-refractivity contribution in [3.8, 4) is 0 Å². The summed E-state index contributed by atoms with van der Waals surface area (Å²) in [4.78, 5) is 0.264. The van der Waals surface area contributed by atoms with E-state index in [1.54, 1.807) is 20.0 Å². The number of halogens is 1. The lowest BCUT2D eigenvalue weighted by atomic mass is 10.1. The van der Waals surface area contributed by atoms with Crippen LogP contribution in [0, 0.1) is 12.8 Å². The van der Waals surface area contributed by atoms with E-state index in [-0.39, 0.29) is 17.5 Å². The van der Waals surface area contributed by atoms with Gasteiger partial charge in [-0.3, -0.25) is 0 Å². The fourth-order valence-electron chi connectivity index (χ4n) is 2.44. The van der Waals surface area contributed by atoms with E-state index in [0.29, 0.717) is 16.5 Å². The molecule has 0 bridgehead atoms. The molecule has 0 heterocycles. The molecule has 0 spiro atoms. The van der Waals surface area contributed by atoms with E-state index in [9.17, 15) is 8.42 Å². The smallest absolute Gasteiger partial charge is 0.243 e. The number of nitrogens with zero attached hydrogens (tertiary/aromatic N) is 1. The Labute approximate surface area is 126 Å². The lowest BCUT2D eigenvalue weighted by Crippen LogP contribution is -2.36. The lowest BCUT2D eigenvalue weighted by molar-refractivity contribution is 0.357. The maximum Gasteiger partial charge on any atom is 0.243 e. The van der Waals surface area contributed by atoms with Gasteiger partial charge in [-0.25, -0.2) is 8.42 Å². The van der Waals surface area contributed by atoms with Gasteiger partial charge in [-0.2, -0.15) is 4.31 Å². The molecule has 0 aromatic heterocycles. The standard InChI is InChI=1S/C14H21ClN2O2S/c1-9-12(8-16)6-13(15)7-14(9)20(18,19)17(3)10(2)11-4-5-11/h6-7,10-11H,4-5,8,16H2,1-3H3. The number of benzene rings is 1. The Hall–Kier alpha value is -0.620. The summed E-state index contributed by atoms with van der Waals surface area (Å²) in [5.74, 6) is 0.475. The van der Waals surface area contributed by atoms with Crippen molar-refractivity contribution in [1.82, 2.24) is 4.31 Å². The maximum absolute atomic E-state index is 12.8. The first-order valence-electron chi connectivity index (χ1n) is 6.76. The average molecular weight is 317 g/mol.